The van der Waals surface area contributed by atoms with Crippen LogP contribution in [0.5, 0.6) is 0 Å². The molecule has 0 aliphatic carbocycles. The summed E-state index contributed by atoms with van der Waals surface area (Å²) in [5, 5.41) is 0. The lowest BCUT2D eigenvalue weighted by Gasteiger charge is -2.15. The van der Waals surface area contributed by atoms with Crippen LogP contribution in [0.25, 0.3) is 0 Å². The Labute approximate surface area is 107 Å². The second kappa shape index (κ2) is 7.05. The van der Waals surface area contributed by atoms with Crippen molar-refractivity contribution in [3.05, 3.63) is 33.5 Å². The third-order valence-electron chi connectivity index (χ3n) is 2.34. The fourth-order valence-electron chi connectivity index (χ4n) is 1.47. The predicted octanol–water partition coefficient (Wildman–Crippen LogP) is 5.86. The molecule has 0 bridgehead atoms. The Kier molecular flexibility index (Phi) is 6.89. The van der Waals surface area contributed by atoms with Crippen molar-refractivity contribution < 1.29 is 4.39 Å². The van der Waals surface area contributed by atoms with Crippen LogP contribution in [0.3, 0.4) is 0 Å². The van der Waals surface area contributed by atoms with Gasteiger partial charge in [0.15, 0.2) is 0 Å². The number of hydrogen-bond donors (Lipinski definition) is 0. The molecule has 0 saturated carbocycles. The number of hydrogen-bond acceptors (Lipinski definition) is 0. The number of benzene rings is 1. The Balaban J connectivity index is 0.00000106. The van der Waals surface area contributed by atoms with E-state index < -0.39 is 0 Å². The second-order valence-corrected chi connectivity index (χ2v) is 5.00. The first kappa shape index (κ1) is 15.6. The minimum atomic E-state index is -0.138. The van der Waals surface area contributed by atoms with Crippen molar-refractivity contribution in [1.29, 1.82) is 0 Å². The molecule has 0 unspecified atom stereocenters. The minimum Gasteiger partial charge on any atom is -0.207 e. The standard InChI is InChI=1S/C12H16BrF.C2H6/c1-7(2)10-5-9(14)6-11(8(3)4)12(10)13;1-2/h5-8H,1-4H3;1-2H3. The summed E-state index contributed by atoms with van der Waals surface area (Å²) in [7, 11) is 0. The van der Waals surface area contributed by atoms with Crippen LogP contribution in [0.15, 0.2) is 16.6 Å². The Morgan fingerprint density at radius 1 is 0.938 bits per heavy atom. The summed E-state index contributed by atoms with van der Waals surface area (Å²) in [6, 6.07) is 3.22. The molecule has 0 nitrogen and oxygen atoms in total. The lowest BCUT2D eigenvalue weighted by Crippen LogP contribution is -1.98. The maximum atomic E-state index is 13.3. The van der Waals surface area contributed by atoms with Crippen LogP contribution in [0.1, 0.15) is 64.5 Å². The van der Waals surface area contributed by atoms with Gasteiger partial charge in [-0.3, -0.25) is 0 Å². The lowest BCUT2D eigenvalue weighted by atomic mass is 9.95. The summed E-state index contributed by atoms with van der Waals surface area (Å²) >= 11 is 3.55. The van der Waals surface area contributed by atoms with E-state index in [0.717, 1.165) is 15.6 Å². The summed E-state index contributed by atoms with van der Waals surface area (Å²) in [5.41, 5.74) is 2.10. The average Bonchev–Trinajstić information content (AvgIpc) is 2.23. The van der Waals surface area contributed by atoms with Gasteiger partial charge in [-0.05, 0) is 35.1 Å². The van der Waals surface area contributed by atoms with E-state index >= 15 is 0 Å². The molecule has 0 atom stereocenters. The molecule has 0 saturated heterocycles. The van der Waals surface area contributed by atoms with Gasteiger partial charge in [0.1, 0.15) is 5.82 Å². The third-order valence-corrected chi connectivity index (χ3v) is 3.25. The summed E-state index contributed by atoms with van der Waals surface area (Å²) in [6.07, 6.45) is 0. The first-order valence-corrected chi connectivity index (χ1v) is 6.71. The van der Waals surface area contributed by atoms with E-state index in [4.69, 9.17) is 0 Å². The first-order chi connectivity index (χ1) is 7.43. The van der Waals surface area contributed by atoms with E-state index in [1.165, 1.54) is 0 Å². The van der Waals surface area contributed by atoms with Gasteiger partial charge in [0.2, 0.25) is 0 Å². The molecule has 2 heteroatoms. The van der Waals surface area contributed by atoms with Crippen LogP contribution < -0.4 is 0 Å². The molecule has 0 aliphatic heterocycles. The Morgan fingerprint density at radius 2 is 1.25 bits per heavy atom. The molecule has 0 amide bonds. The van der Waals surface area contributed by atoms with E-state index in [0.29, 0.717) is 11.8 Å². The van der Waals surface area contributed by atoms with Crippen molar-refractivity contribution in [2.75, 3.05) is 0 Å². The van der Waals surface area contributed by atoms with Crippen LogP contribution in [0.4, 0.5) is 4.39 Å². The van der Waals surface area contributed by atoms with Gasteiger partial charge >= 0.3 is 0 Å². The van der Waals surface area contributed by atoms with Gasteiger partial charge in [-0.1, -0.05) is 57.5 Å². The van der Waals surface area contributed by atoms with Crippen molar-refractivity contribution in [1.82, 2.24) is 0 Å². The van der Waals surface area contributed by atoms with Gasteiger partial charge in [0.25, 0.3) is 0 Å². The van der Waals surface area contributed by atoms with Crippen molar-refractivity contribution in [3.8, 4) is 0 Å². The highest BCUT2D eigenvalue weighted by Gasteiger charge is 2.13. The average molecular weight is 289 g/mol. The SMILES string of the molecule is CC.CC(C)c1cc(F)cc(C(C)C)c1Br. The molecule has 92 valence electrons. The van der Waals surface area contributed by atoms with E-state index in [1.807, 2.05) is 13.8 Å². The normalized spacial score (nSPS) is 10.4. The highest BCUT2D eigenvalue weighted by molar-refractivity contribution is 9.10. The van der Waals surface area contributed by atoms with Crippen LogP contribution in [-0.2, 0) is 0 Å². The molecular formula is C14H22BrF. The molecule has 0 N–H and O–H groups in total. The molecule has 0 spiro atoms. The van der Waals surface area contributed by atoms with E-state index in [-0.39, 0.29) is 5.82 Å². The van der Waals surface area contributed by atoms with Gasteiger partial charge in [-0.25, -0.2) is 4.39 Å². The fourth-order valence-corrected chi connectivity index (χ4v) is 2.62. The van der Waals surface area contributed by atoms with Gasteiger partial charge in [-0.2, -0.15) is 0 Å². The highest BCUT2D eigenvalue weighted by Crippen LogP contribution is 2.33. The van der Waals surface area contributed by atoms with Crippen molar-refractivity contribution in [3.63, 3.8) is 0 Å². The molecular weight excluding hydrogens is 267 g/mol. The zero-order valence-corrected chi connectivity index (χ0v) is 12.7. The first-order valence-electron chi connectivity index (χ1n) is 5.92. The zero-order valence-electron chi connectivity index (χ0n) is 11.1. The van der Waals surface area contributed by atoms with Crippen molar-refractivity contribution >= 4 is 15.9 Å². The van der Waals surface area contributed by atoms with Crippen LogP contribution in [0.2, 0.25) is 0 Å². The molecule has 0 radical (unpaired) electrons. The van der Waals surface area contributed by atoms with E-state index in [2.05, 4.69) is 43.6 Å². The molecule has 1 aromatic rings. The van der Waals surface area contributed by atoms with Crippen LogP contribution in [-0.4, -0.2) is 0 Å². The summed E-state index contributed by atoms with van der Waals surface area (Å²) in [4.78, 5) is 0. The molecule has 0 aliphatic rings. The van der Waals surface area contributed by atoms with Gasteiger partial charge < -0.3 is 0 Å². The van der Waals surface area contributed by atoms with Gasteiger partial charge in [0.05, 0.1) is 0 Å². The van der Waals surface area contributed by atoms with Crippen molar-refractivity contribution in [2.24, 2.45) is 0 Å². The third kappa shape index (κ3) is 3.89. The predicted molar refractivity (Wildman–Crippen MR) is 73.6 cm³/mol. The Bertz CT molecular complexity index is 301. The molecule has 0 aromatic heterocycles. The minimum absolute atomic E-state index is 0.138. The fraction of sp³-hybridized carbons (Fsp3) is 0.571. The Hall–Kier alpha value is -0.370. The maximum absolute atomic E-state index is 13.3. The van der Waals surface area contributed by atoms with Crippen LogP contribution in [0, 0.1) is 5.82 Å². The van der Waals surface area contributed by atoms with E-state index in [1.54, 1.807) is 12.1 Å². The zero-order chi connectivity index (χ0) is 12.9. The summed E-state index contributed by atoms with van der Waals surface area (Å²) in [6.45, 7) is 12.3. The largest absolute Gasteiger partial charge is 0.207 e. The monoisotopic (exact) mass is 288 g/mol. The molecule has 16 heavy (non-hydrogen) atoms. The van der Waals surface area contributed by atoms with Crippen molar-refractivity contribution in [2.45, 2.75) is 53.4 Å². The molecule has 1 aromatic carbocycles. The number of rotatable bonds is 2. The van der Waals surface area contributed by atoms with E-state index in [9.17, 15) is 4.39 Å². The maximum Gasteiger partial charge on any atom is 0.123 e. The summed E-state index contributed by atoms with van der Waals surface area (Å²) < 4.78 is 14.4. The lowest BCUT2D eigenvalue weighted by molar-refractivity contribution is 0.617. The smallest absolute Gasteiger partial charge is 0.123 e. The van der Waals surface area contributed by atoms with Crippen LogP contribution >= 0.6 is 15.9 Å². The van der Waals surface area contributed by atoms with Gasteiger partial charge in [0, 0.05) is 4.47 Å². The Morgan fingerprint density at radius 3 is 1.50 bits per heavy atom. The molecule has 0 heterocycles. The number of halogens is 2. The highest BCUT2D eigenvalue weighted by atomic mass is 79.9. The quantitative estimate of drug-likeness (QED) is 0.639. The van der Waals surface area contributed by atoms with Gasteiger partial charge in [-0.15, -0.1) is 0 Å². The second-order valence-electron chi connectivity index (χ2n) is 4.21. The summed E-state index contributed by atoms with van der Waals surface area (Å²) in [5.74, 6) is 0.552. The topological polar surface area (TPSA) is 0 Å². The molecule has 1 rings (SSSR count). The molecule has 0 fully saturated rings.